The second kappa shape index (κ2) is 9.42. The van der Waals surface area contributed by atoms with Crippen molar-refractivity contribution in [3.8, 4) is 22.8 Å². The molecule has 160 valence electrons. The minimum absolute atomic E-state index is 0.113. The van der Waals surface area contributed by atoms with Crippen LogP contribution in [0.1, 0.15) is 0 Å². The summed E-state index contributed by atoms with van der Waals surface area (Å²) in [5.74, 6) is 1.37. The molecule has 0 spiro atoms. The number of anilines is 1. The first-order valence-corrected chi connectivity index (χ1v) is 10.0. The highest BCUT2D eigenvalue weighted by atomic mass is 19.1. The average Bonchev–Trinajstić information content (AvgIpc) is 2.83. The molecule has 2 aromatic carbocycles. The third-order valence-corrected chi connectivity index (χ3v) is 5.13. The lowest BCUT2D eigenvalue weighted by Gasteiger charge is -2.35. The number of nitrogens with zero attached hydrogens (tertiary/aromatic N) is 4. The summed E-state index contributed by atoms with van der Waals surface area (Å²) in [6, 6.07) is 17.3. The van der Waals surface area contributed by atoms with Crippen molar-refractivity contribution in [2.45, 2.75) is 0 Å². The number of hydrogen-bond acceptors (Lipinski definition) is 6. The molecule has 3 aromatic rings. The van der Waals surface area contributed by atoms with E-state index in [1.807, 2.05) is 36.4 Å². The van der Waals surface area contributed by atoms with Gasteiger partial charge in [0.15, 0.2) is 12.4 Å². The number of ether oxygens (including phenoxy) is 2. The Balaban J connectivity index is 1.30. The van der Waals surface area contributed by atoms with Gasteiger partial charge in [-0.1, -0.05) is 18.2 Å². The molecule has 0 aliphatic carbocycles. The molecule has 1 amide bonds. The monoisotopic (exact) mass is 422 g/mol. The van der Waals surface area contributed by atoms with E-state index >= 15 is 0 Å². The zero-order valence-electron chi connectivity index (χ0n) is 17.2. The molecule has 2 heterocycles. The van der Waals surface area contributed by atoms with E-state index in [2.05, 4.69) is 15.1 Å². The molecule has 1 aliphatic heterocycles. The first-order valence-electron chi connectivity index (χ1n) is 10.0. The van der Waals surface area contributed by atoms with Gasteiger partial charge in [0.1, 0.15) is 17.3 Å². The van der Waals surface area contributed by atoms with Gasteiger partial charge in [-0.15, -0.1) is 10.2 Å². The van der Waals surface area contributed by atoms with Crippen LogP contribution in [0.3, 0.4) is 0 Å². The van der Waals surface area contributed by atoms with E-state index in [4.69, 9.17) is 9.47 Å². The van der Waals surface area contributed by atoms with Gasteiger partial charge in [0, 0.05) is 37.8 Å². The van der Waals surface area contributed by atoms with E-state index in [1.165, 1.54) is 12.1 Å². The smallest absolute Gasteiger partial charge is 0.260 e. The quantitative estimate of drug-likeness (QED) is 0.608. The molecular formula is C23H23FN4O3. The molecule has 1 saturated heterocycles. The van der Waals surface area contributed by atoms with Crippen LogP contribution in [0.25, 0.3) is 11.3 Å². The van der Waals surface area contributed by atoms with Crippen molar-refractivity contribution < 1.29 is 18.7 Å². The van der Waals surface area contributed by atoms with Crippen molar-refractivity contribution in [2.24, 2.45) is 0 Å². The van der Waals surface area contributed by atoms with Gasteiger partial charge in [0.05, 0.1) is 12.8 Å². The molecule has 7 nitrogen and oxygen atoms in total. The van der Waals surface area contributed by atoms with E-state index in [0.717, 1.165) is 22.8 Å². The maximum Gasteiger partial charge on any atom is 0.260 e. The predicted octanol–water partition coefficient (Wildman–Crippen LogP) is 3.02. The maximum absolute atomic E-state index is 13.2. The summed E-state index contributed by atoms with van der Waals surface area (Å²) in [6.07, 6.45) is 0. The number of halogens is 1. The van der Waals surface area contributed by atoms with E-state index in [9.17, 15) is 9.18 Å². The van der Waals surface area contributed by atoms with Crippen LogP contribution in [-0.4, -0.2) is 60.9 Å². The fraction of sp³-hybridized carbons (Fsp3) is 0.261. The molecular weight excluding hydrogens is 399 g/mol. The average molecular weight is 422 g/mol. The van der Waals surface area contributed by atoms with Gasteiger partial charge in [-0.2, -0.15) is 0 Å². The summed E-state index contributed by atoms with van der Waals surface area (Å²) in [6.45, 7) is 2.31. The molecule has 31 heavy (non-hydrogen) atoms. The van der Waals surface area contributed by atoms with Gasteiger partial charge in [-0.25, -0.2) is 4.39 Å². The van der Waals surface area contributed by atoms with E-state index in [0.29, 0.717) is 31.9 Å². The molecule has 0 radical (unpaired) electrons. The molecule has 4 rings (SSSR count). The van der Waals surface area contributed by atoms with Crippen molar-refractivity contribution >= 4 is 11.7 Å². The van der Waals surface area contributed by atoms with Gasteiger partial charge in [0.2, 0.25) is 0 Å². The summed E-state index contributed by atoms with van der Waals surface area (Å²) in [4.78, 5) is 16.2. The van der Waals surface area contributed by atoms with Crippen LogP contribution in [0.2, 0.25) is 0 Å². The molecule has 0 unspecified atom stereocenters. The number of benzene rings is 2. The summed E-state index contributed by atoms with van der Waals surface area (Å²) < 4.78 is 23.9. The molecule has 0 atom stereocenters. The Kier molecular flexibility index (Phi) is 6.26. The van der Waals surface area contributed by atoms with Crippen LogP contribution in [0, 0.1) is 5.82 Å². The Morgan fingerprint density at radius 3 is 2.45 bits per heavy atom. The molecule has 1 aromatic heterocycles. The number of rotatable bonds is 6. The number of carbonyl (C=O) groups is 1. The van der Waals surface area contributed by atoms with Crippen LogP contribution in [0.4, 0.5) is 10.2 Å². The molecule has 0 saturated carbocycles. The fourth-order valence-electron chi connectivity index (χ4n) is 3.41. The molecule has 1 aliphatic rings. The fourth-order valence-corrected chi connectivity index (χ4v) is 3.41. The van der Waals surface area contributed by atoms with Crippen molar-refractivity contribution in [3.63, 3.8) is 0 Å². The summed E-state index contributed by atoms with van der Waals surface area (Å²) in [5, 5.41) is 8.71. The van der Waals surface area contributed by atoms with Gasteiger partial charge in [-0.3, -0.25) is 4.79 Å². The molecule has 0 N–H and O–H groups in total. The Hall–Kier alpha value is -3.68. The minimum atomic E-state index is -0.392. The van der Waals surface area contributed by atoms with Gasteiger partial charge in [0.25, 0.3) is 5.91 Å². The van der Waals surface area contributed by atoms with Crippen molar-refractivity contribution in [1.29, 1.82) is 0 Å². The second-order valence-electron chi connectivity index (χ2n) is 7.12. The van der Waals surface area contributed by atoms with Gasteiger partial charge in [-0.05, 0) is 36.4 Å². The highest BCUT2D eigenvalue weighted by Crippen LogP contribution is 2.23. The van der Waals surface area contributed by atoms with Crippen LogP contribution < -0.4 is 14.4 Å². The Labute approximate surface area is 180 Å². The lowest BCUT2D eigenvalue weighted by atomic mass is 10.1. The molecule has 0 bridgehead atoms. The first kappa shape index (κ1) is 20.6. The summed E-state index contributed by atoms with van der Waals surface area (Å²) in [5.41, 5.74) is 1.71. The zero-order valence-corrected chi connectivity index (χ0v) is 17.2. The lowest BCUT2D eigenvalue weighted by molar-refractivity contribution is -0.133. The highest BCUT2D eigenvalue weighted by Gasteiger charge is 2.22. The largest absolute Gasteiger partial charge is 0.497 e. The molecule has 1 fully saturated rings. The highest BCUT2D eigenvalue weighted by molar-refractivity contribution is 5.78. The number of amides is 1. The summed E-state index contributed by atoms with van der Waals surface area (Å²) >= 11 is 0. The van der Waals surface area contributed by atoms with Crippen molar-refractivity contribution in [3.05, 3.63) is 66.5 Å². The van der Waals surface area contributed by atoms with Gasteiger partial charge >= 0.3 is 0 Å². The summed E-state index contributed by atoms with van der Waals surface area (Å²) in [7, 11) is 1.63. The number of aromatic nitrogens is 2. The number of methoxy groups -OCH3 is 1. The van der Waals surface area contributed by atoms with E-state index in [1.54, 1.807) is 24.1 Å². The van der Waals surface area contributed by atoms with Gasteiger partial charge < -0.3 is 19.3 Å². The van der Waals surface area contributed by atoms with Crippen LogP contribution in [-0.2, 0) is 4.79 Å². The van der Waals surface area contributed by atoms with Crippen molar-refractivity contribution in [2.75, 3.05) is 44.8 Å². The number of piperazine rings is 1. The minimum Gasteiger partial charge on any atom is -0.497 e. The van der Waals surface area contributed by atoms with E-state index in [-0.39, 0.29) is 12.5 Å². The molecule has 8 heteroatoms. The standard InChI is InChI=1S/C23H23FN4O3/c1-30-19-6-2-4-17(14-19)21-8-9-22(26-25-21)27-10-12-28(13-11-27)23(29)16-31-20-7-3-5-18(24)15-20/h2-9,14-15H,10-13,16H2,1H3. The Morgan fingerprint density at radius 1 is 0.968 bits per heavy atom. The predicted molar refractivity (Wildman–Crippen MR) is 115 cm³/mol. The van der Waals surface area contributed by atoms with E-state index < -0.39 is 5.82 Å². The first-order chi connectivity index (χ1) is 15.1. The third kappa shape index (κ3) is 5.09. The maximum atomic E-state index is 13.2. The SMILES string of the molecule is COc1cccc(-c2ccc(N3CCN(C(=O)COc4cccc(F)c4)CC3)nn2)c1. The topological polar surface area (TPSA) is 67.8 Å². The number of hydrogen-bond donors (Lipinski definition) is 0. The second-order valence-corrected chi connectivity index (χ2v) is 7.12. The lowest BCUT2D eigenvalue weighted by Crippen LogP contribution is -2.50. The zero-order chi connectivity index (χ0) is 21.6. The van der Waals surface area contributed by atoms with Crippen molar-refractivity contribution in [1.82, 2.24) is 15.1 Å². The third-order valence-electron chi connectivity index (χ3n) is 5.13. The van der Waals surface area contributed by atoms with Crippen LogP contribution >= 0.6 is 0 Å². The Morgan fingerprint density at radius 2 is 1.74 bits per heavy atom. The number of carbonyl (C=O) groups excluding carboxylic acids is 1. The van der Waals surface area contributed by atoms with Crippen LogP contribution in [0.15, 0.2) is 60.7 Å². The van der Waals surface area contributed by atoms with Crippen LogP contribution in [0.5, 0.6) is 11.5 Å². The Bertz CT molecular complexity index is 1040. The normalized spacial score (nSPS) is 13.7.